The van der Waals surface area contributed by atoms with Gasteiger partial charge in [0.15, 0.2) is 17.3 Å². The quantitative estimate of drug-likeness (QED) is 0.738. The van der Waals surface area contributed by atoms with Crippen LogP contribution in [0.15, 0.2) is 22.6 Å². The minimum Gasteiger partial charge on any atom is -0.440 e. The Morgan fingerprint density at radius 3 is 3.00 bits per heavy atom. The van der Waals surface area contributed by atoms with Crippen molar-refractivity contribution >= 4 is 16.9 Å². The SMILES string of the molecule is CCC(=O)c1ccc2oc(C3CC3)nc2c1. The number of Topliss-reactive ketones (excluding diaryl/α,β-unsaturated/α-hetero) is 1. The summed E-state index contributed by atoms with van der Waals surface area (Å²) in [5.41, 5.74) is 2.32. The monoisotopic (exact) mass is 215 g/mol. The second-order valence-corrected chi connectivity index (χ2v) is 4.29. The van der Waals surface area contributed by atoms with Gasteiger partial charge < -0.3 is 4.42 Å². The Kier molecular flexibility index (Phi) is 2.06. The maximum absolute atomic E-state index is 11.6. The van der Waals surface area contributed by atoms with Gasteiger partial charge in [0.2, 0.25) is 0 Å². The van der Waals surface area contributed by atoms with E-state index in [1.165, 1.54) is 12.8 Å². The number of hydrogen-bond donors (Lipinski definition) is 0. The predicted molar refractivity (Wildman–Crippen MR) is 60.6 cm³/mol. The zero-order chi connectivity index (χ0) is 11.1. The summed E-state index contributed by atoms with van der Waals surface area (Å²) in [6, 6.07) is 5.49. The van der Waals surface area contributed by atoms with Gasteiger partial charge in [-0.25, -0.2) is 4.98 Å². The molecule has 0 saturated heterocycles. The number of rotatable bonds is 3. The number of carbonyl (C=O) groups is 1. The van der Waals surface area contributed by atoms with Crippen LogP contribution >= 0.6 is 0 Å². The maximum Gasteiger partial charge on any atom is 0.198 e. The number of nitrogens with zero attached hydrogens (tertiary/aromatic N) is 1. The number of carbonyl (C=O) groups excluding carboxylic acids is 1. The summed E-state index contributed by atoms with van der Waals surface area (Å²) in [6.45, 7) is 1.87. The zero-order valence-electron chi connectivity index (χ0n) is 9.19. The molecule has 3 heteroatoms. The molecule has 82 valence electrons. The molecule has 0 radical (unpaired) electrons. The van der Waals surface area contributed by atoms with E-state index in [4.69, 9.17) is 4.42 Å². The van der Waals surface area contributed by atoms with E-state index < -0.39 is 0 Å². The molecule has 1 aromatic heterocycles. The molecular formula is C13H13NO2. The summed E-state index contributed by atoms with van der Waals surface area (Å²) in [5, 5.41) is 0. The first kappa shape index (κ1) is 9.58. The first-order chi connectivity index (χ1) is 7.78. The number of aromatic nitrogens is 1. The number of fused-ring (bicyclic) bond motifs is 1. The van der Waals surface area contributed by atoms with Crippen LogP contribution in [-0.2, 0) is 0 Å². The largest absolute Gasteiger partial charge is 0.440 e. The first-order valence-electron chi connectivity index (χ1n) is 5.71. The summed E-state index contributed by atoms with van der Waals surface area (Å²) in [4.78, 5) is 16.0. The number of hydrogen-bond acceptors (Lipinski definition) is 3. The van der Waals surface area contributed by atoms with Crippen molar-refractivity contribution in [3.63, 3.8) is 0 Å². The molecule has 0 amide bonds. The van der Waals surface area contributed by atoms with Crippen LogP contribution in [0.3, 0.4) is 0 Å². The second kappa shape index (κ2) is 3.44. The summed E-state index contributed by atoms with van der Waals surface area (Å²) >= 11 is 0. The fraction of sp³-hybridized carbons (Fsp3) is 0.385. The molecule has 0 atom stereocenters. The van der Waals surface area contributed by atoms with E-state index in [0.717, 1.165) is 22.6 Å². The van der Waals surface area contributed by atoms with Crippen LogP contribution < -0.4 is 0 Å². The van der Waals surface area contributed by atoms with Gasteiger partial charge in [0, 0.05) is 17.9 Å². The number of ketones is 1. The second-order valence-electron chi connectivity index (χ2n) is 4.29. The lowest BCUT2D eigenvalue weighted by Gasteiger charge is -1.95. The molecule has 1 aliphatic rings. The molecule has 0 N–H and O–H groups in total. The van der Waals surface area contributed by atoms with Crippen molar-refractivity contribution in [2.45, 2.75) is 32.1 Å². The minimum atomic E-state index is 0.151. The lowest BCUT2D eigenvalue weighted by Crippen LogP contribution is -1.95. The molecule has 16 heavy (non-hydrogen) atoms. The summed E-state index contributed by atoms with van der Waals surface area (Å²) in [5.74, 6) is 1.49. The predicted octanol–water partition coefficient (Wildman–Crippen LogP) is 3.30. The Balaban J connectivity index is 2.06. The van der Waals surface area contributed by atoms with Gasteiger partial charge in [0.05, 0.1) is 0 Å². The molecule has 3 rings (SSSR count). The molecule has 2 aromatic rings. The summed E-state index contributed by atoms with van der Waals surface area (Å²) < 4.78 is 5.64. The maximum atomic E-state index is 11.6. The average Bonchev–Trinajstić information content (AvgIpc) is 3.07. The highest BCUT2D eigenvalue weighted by Gasteiger charge is 2.28. The topological polar surface area (TPSA) is 43.1 Å². The number of oxazole rings is 1. The Hall–Kier alpha value is -1.64. The summed E-state index contributed by atoms with van der Waals surface area (Å²) in [6.07, 6.45) is 2.87. The van der Waals surface area contributed by atoms with Crippen LogP contribution in [0.4, 0.5) is 0 Å². The molecule has 0 aliphatic heterocycles. The fourth-order valence-electron chi connectivity index (χ4n) is 1.83. The third kappa shape index (κ3) is 1.52. The van der Waals surface area contributed by atoms with Gasteiger partial charge in [-0.3, -0.25) is 4.79 Å². The van der Waals surface area contributed by atoms with Crippen LogP contribution in [0, 0.1) is 0 Å². The molecule has 3 nitrogen and oxygen atoms in total. The van der Waals surface area contributed by atoms with Crippen LogP contribution in [-0.4, -0.2) is 10.8 Å². The highest BCUT2D eigenvalue weighted by molar-refractivity contribution is 5.98. The van der Waals surface area contributed by atoms with E-state index in [1.54, 1.807) is 0 Å². The van der Waals surface area contributed by atoms with Crippen molar-refractivity contribution in [3.05, 3.63) is 29.7 Å². The van der Waals surface area contributed by atoms with E-state index >= 15 is 0 Å². The van der Waals surface area contributed by atoms with Gasteiger partial charge in [0.25, 0.3) is 0 Å². The van der Waals surface area contributed by atoms with Crippen molar-refractivity contribution in [1.29, 1.82) is 0 Å². The van der Waals surface area contributed by atoms with E-state index in [9.17, 15) is 4.79 Å². The molecule has 1 aromatic carbocycles. The highest BCUT2D eigenvalue weighted by Crippen LogP contribution is 2.40. The van der Waals surface area contributed by atoms with Gasteiger partial charge in [-0.05, 0) is 31.0 Å². The minimum absolute atomic E-state index is 0.151. The van der Waals surface area contributed by atoms with Crippen molar-refractivity contribution in [2.75, 3.05) is 0 Å². The Morgan fingerprint density at radius 2 is 2.31 bits per heavy atom. The molecule has 1 fully saturated rings. The molecule has 1 aliphatic carbocycles. The Morgan fingerprint density at radius 1 is 1.50 bits per heavy atom. The van der Waals surface area contributed by atoms with Gasteiger partial charge in [0.1, 0.15) is 5.52 Å². The molecule has 0 unspecified atom stereocenters. The van der Waals surface area contributed by atoms with Crippen molar-refractivity contribution in [3.8, 4) is 0 Å². The Bertz CT molecular complexity index is 552. The standard InChI is InChI=1S/C13H13NO2/c1-2-11(15)9-5-6-12-10(7-9)14-13(16-12)8-3-4-8/h5-8H,2-4H2,1H3. The normalized spacial score (nSPS) is 15.6. The van der Waals surface area contributed by atoms with Crippen LogP contribution in [0.25, 0.3) is 11.1 Å². The van der Waals surface area contributed by atoms with Gasteiger partial charge in [-0.1, -0.05) is 6.92 Å². The third-order valence-electron chi connectivity index (χ3n) is 2.97. The van der Waals surface area contributed by atoms with Crippen LogP contribution in [0.5, 0.6) is 0 Å². The molecule has 1 heterocycles. The van der Waals surface area contributed by atoms with E-state index in [1.807, 2.05) is 25.1 Å². The van der Waals surface area contributed by atoms with Gasteiger partial charge >= 0.3 is 0 Å². The zero-order valence-corrected chi connectivity index (χ0v) is 9.19. The van der Waals surface area contributed by atoms with E-state index in [0.29, 0.717) is 12.3 Å². The lowest BCUT2D eigenvalue weighted by molar-refractivity contribution is 0.0988. The highest BCUT2D eigenvalue weighted by atomic mass is 16.3. The van der Waals surface area contributed by atoms with E-state index in [2.05, 4.69) is 4.98 Å². The third-order valence-corrected chi connectivity index (χ3v) is 2.97. The summed E-state index contributed by atoms with van der Waals surface area (Å²) in [7, 11) is 0. The number of benzene rings is 1. The average molecular weight is 215 g/mol. The van der Waals surface area contributed by atoms with Crippen LogP contribution in [0.2, 0.25) is 0 Å². The van der Waals surface area contributed by atoms with Crippen molar-refractivity contribution in [1.82, 2.24) is 4.98 Å². The van der Waals surface area contributed by atoms with Gasteiger partial charge in [-0.2, -0.15) is 0 Å². The lowest BCUT2D eigenvalue weighted by atomic mass is 10.1. The smallest absolute Gasteiger partial charge is 0.198 e. The Labute approximate surface area is 93.5 Å². The van der Waals surface area contributed by atoms with Crippen molar-refractivity contribution < 1.29 is 9.21 Å². The molecule has 1 saturated carbocycles. The van der Waals surface area contributed by atoms with Crippen molar-refractivity contribution in [2.24, 2.45) is 0 Å². The fourth-order valence-corrected chi connectivity index (χ4v) is 1.83. The van der Waals surface area contributed by atoms with Crippen LogP contribution in [0.1, 0.15) is 48.4 Å². The molecule has 0 spiro atoms. The van der Waals surface area contributed by atoms with E-state index in [-0.39, 0.29) is 5.78 Å². The first-order valence-corrected chi connectivity index (χ1v) is 5.71. The molecular weight excluding hydrogens is 202 g/mol. The molecule has 0 bridgehead atoms. The van der Waals surface area contributed by atoms with Gasteiger partial charge in [-0.15, -0.1) is 0 Å².